The van der Waals surface area contributed by atoms with E-state index in [1.807, 2.05) is 0 Å². The van der Waals surface area contributed by atoms with Crippen LogP contribution in [0.2, 0.25) is 0 Å². The Morgan fingerprint density at radius 3 is 2.70 bits per heavy atom. The molecule has 1 aromatic rings. The van der Waals surface area contributed by atoms with Crippen LogP contribution < -0.4 is 11.1 Å². The molecule has 1 amide bonds. The van der Waals surface area contributed by atoms with Crippen LogP contribution in [0.5, 0.6) is 0 Å². The first-order valence-corrected chi connectivity index (χ1v) is 2.83. The number of nitrogens with two attached hydrogens (primary N) is 1. The van der Waals surface area contributed by atoms with Crippen LogP contribution in [0.25, 0.3) is 0 Å². The average molecular weight is 135 g/mol. The van der Waals surface area contributed by atoms with Gasteiger partial charge in [-0.1, -0.05) is 12.1 Å². The van der Waals surface area contributed by atoms with Crippen LogP contribution in [-0.2, 0) is 4.79 Å². The monoisotopic (exact) mass is 135 g/mol. The Morgan fingerprint density at radius 2 is 2.10 bits per heavy atom. The van der Waals surface area contributed by atoms with Crippen molar-refractivity contribution in [1.29, 1.82) is 0 Å². The summed E-state index contributed by atoms with van der Waals surface area (Å²) in [6.45, 7) is 0. The fourth-order valence-electron chi connectivity index (χ4n) is 0.662. The Bertz CT molecular complexity index is 235. The molecule has 1 radical (unpaired) electrons. The molecular weight excluding hydrogens is 128 g/mol. The molecule has 0 aliphatic heterocycles. The minimum absolute atomic E-state index is 0.478. The van der Waals surface area contributed by atoms with Gasteiger partial charge in [-0.2, -0.15) is 0 Å². The quantitative estimate of drug-likeness (QED) is 0.478. The van der Waals surface area contributed by atoms with Crippen molar-refractivity contribution in [3.8, 4) is 0 Å². The second kappa shape index (κ2) is 2.87. The van der Waals surface area contributed by atoms with E-state index in [1.165, 1.54) is 0 Å². The molecule has 0 saturated heterocycles. The zero-order valence-corrected chi connectivity index (χ0v) is 5.32. The van der Waals surface area contributed by atoms with Gasteiger partial charge in [0.25, 0.3) is 0 Å². The molecular formula is C7H7N2O. The molecule has 0 fully saturated rings. The van der Waals surface area contributed by atoms with Crippen molar-refractivity contribution in [2.24, 2.45) is 0 Å². The predicted octanol–water partition coefficient (Wildman–Crippen LogP) is 0.661. The molecule has 3 nitrogen and oxygen atoms in total. The van der Waals surface area contributed by atoms with Gasteiger partial charge in [0.15, 0.2) is 0 Å². The van der Waals surface area contributed by atoms with Gasteiger partial charge in [0, 0.05) is 0 Å². The average Bonchev–Trinajstić information content (AvgIpc) is 1.94. The van der Waals surface area contributed by atoms with E-state index >= 15 is 0 Å². The highest BCUT2D eigenvalue weighted by Gasteiger charge is 1.94. The summed E-state index contributed by atoms with van der Waals surface area (Å²) in [5.74, 6) is 0. The largest absolute Gasteiger partial charge is 0.397 e. The van der Waals surface area contributed by atoms with Gasteiger partial charge in [-0.25, -0.2) is 5.32 Å². The molecule has 0 heterocycles. The molecule has 0 aromatic heterocycles. The summed E-state index contributed by atoms with van der Waals surface area (Å²) < 4.78 is 0. The number of benzene rings is 1. The molecule has 0 saturated carbocycles. The lowest BCUT2D eigenvalue weighted by atomic mass is 10.3. The van der Waals surface area contributed by atoms with Gasteiger partial charge in [-0.05, 0) is 12.1 Å². The molecule has 10 heavy (non-hydrogen) atoms. The van der Waals surface area contributed by atoms with Gasteiger partial charge < -0.3 is 5.73 Å². The summed E-state index contributed by atoms with van der Waals surface area (Å²) in [7, 11) is 0. The van der Waals surface area contributed by atoms with Gasteiger partial charge in [0.2, 0.25) is 6.41 Å². The molecule has 0 unspecified atom stereocenters. The third-order valence-electron chi connectivity index (χ3n) is 1.13. The molecule has 0 spiro atoms. The van der Waals surface area contributed by atoms with Crippen molar-refractivity contribution in [2.75, 3.05) is 5.73 Å². The molecule has 1 rings (SSSR count). The molecule has 0 aliphatic rings. The maximum atomic E-state index is 9.90. The summed E-state index contributed by atoms with van der Waals surface area (Å²) in [5, 5.41) is 3.50. The lowest BCUT2D eigenvalue weighted by Gasteiger charge is -1.97. The highest BCUT2D eigenvalue weighted by molar-refractivity contribution is 5.69. The van der Waals surface area contributed by atoms with E-state index in [4.69, 9.17) is 5.73 Å². The zero-order valence-electron chi connectivity index (χ0n) is 5.32. The van der Waals surface area contributed by atoms with Gasteiger partial charge in [-0.15, -0.1) is 0 Å². The number of para-hydroxylation sites is 2. The Labute approximate surface area is 58.8 Å². The van der Waals surface area contributed by atoms with Crippen LogP contribution in [0, 0.1) is 0 Å². The Morgan fingerprint density at radius 1 is 1.40 bits per heavy atom. The van der Waals surface area contributed by atoms with Crippen molar-refractivity contribution >= 4 is 17.8 Å². The number of anilines is 1. The van der Waals surface area contributed by atoms with Crippen LogP contribution in [0.1, 0.15) is 0 Å². The SMILES string of the molecule is Nc1ccccc1[N]C=O. The van der Waals surface area contributed by atoms with E-state index in [0.717, 1.165) is 0 Å². The van der Waals surface area contributed by atoms with Crippen molar-refractivity contribution in [2.45, 2.75) is 0 Å². The van der Waals surface area contributed by atoms with Crippen molar-refractivity contribution in [1.82, 2.24) is 5.32 Å². The maximum absolute atomic E-state index is 9.90. The van der Waals surface area contributed by atoms with Crippen LogP contribution in [-0.4, -0.2) is 6.41 Å². The highest BCUT2D eigenvalue weighted by atomic mass is 16.1. The van der Waals surface area contributed by atoms with Gasteiger partial charge in [0.05, 0.1) is 11.4 Å². The number of hydrogen-bond acceptors (Lipinski definition) is 2. The predicted molar refractivity (Wildman–Crippen MR) is 38.7 cm³/mol. The summed E-state index contributed by atoms with van der Waals surface area (Å²) in [6, 6.07) is 6.95. The molecule has 2 N–H and O–H groups in total. The first-order valence-electron chi connectivity index (χ1n) is 2.83. The standard InChI is InChI=1S/C7H7N2O/c8-6-3-1-2-4-7(6)9-5-10/h1-5H,8H2. The number of rotatable bonds is 2. The number of hydrogen-bond donors (Lipinski definition) is 1. The van der Waals surface area contributed by atoms with Gasteiger partial charge in [0.1, 0.15) is 0 Å². The number of nitrogen functional groups attached to an aromatic ring is 1. The van der Waals surface area contributed by atoms with Crippen LogP contribution in [0.3, 0.4) is 0 Å². The van der Waals surface area contributed by atoms with E-state index in [-0.39, 0.29) is 0 Å². The Kier molecular flexibility index (Phi) is 1.89. The first-order chi connectivity index (χ1) is 4.84. The summed E-state index contributed by atoms with van der Waals surface area (Å²) in [6.07, 6.45) is 0.478. The van der Waals surface area contributed by atoms with Crippen LogP contribution in [0.15, 0.2) is 24.3 Å². The number of carbonyl (C=O) groups excluding carboxylic acids is 1. The Balaban J connectivity index is 2.91. The minimum Gasteiger partial charge on any atom is -0.397 e. The number of nitrogens with zero attached hydrogens (tertiary/aromatic N) is 1. The van der Waals surface area contributed by atoms with Gasteiger partial charge >= 0.3 is 0 Å². The topological polar surface area (TPSA) is 57.2 Å². The van der Waals surface area contributed by atoms with Gasteiger partial charge in [-0.3, -0.25) is 4.79 Å². The van der Waals surface area contributed by atoms with E-state index in [1.54, 1.807) is 24.3 Å². The maximum Gasteiger partial charge on any atom is 0.233 e. The molecule has 1 aromatic carbocycles. The first kappa shape index (κ1) is 6.61. The molecule has 51 valence electrons. The number of amides is 1. The third-order valence-corrected chi connectivity index (χ3v) is 1.13. The summed E-state index contributed by atoms with van der Waals surface area (Å²) >= 11 is 0. The summed E-state index contributed by atoms with van der Waals surface area (Å²) in [4.78, 5) is 9.90. The zero-order chi connectivity index (χ0) is 7.40. The highest BCUT2D eigenvalue weighted by Crippen LogP contribution is 2.15. The third kappa shape index (κ3) is 1.25. The normalized spacial score (nSPS) is 8.80. The second-order valence-electron chi connectivity index (χ2n) is 1.79. The smallest absolute Gasteiger partial charge is 0.233 e. The lowest BCUT2D eigenvalue weighted by Crippen LogP contribution is -1.96. The fourth-order valence-corrected chi connectivity index (χ4v) is 0.662. The molecule has 0 bridgehead atoms. The van der Waals surface area contributed by atoms with E-state index < -0.39 is 0 Å². The van der Waals surface area contributed by atoms with E-state index in [0.29, 0.717) is 17.8 Å². The second-order valence-corrected chi connectivity index (χ2v) is 1.79. The van der Waals surface area contributed by atoms with Crippen LogP contribution >= 0.6 is 0 Å². The fraction of sp³-hybridized carbons (Fsp3) is 0. The molecule has 0 aliphatic carbocycles. The minimum atomic E-state index is 0.478. The lowest BCUT2D eigenvalue weighted by molar-refractivity contribution is -0.108. The van der Waals surface area contributed by atoms with Crippen molar-refractivity contribution < 1.29 is 4.79 Å². The van der Waals surface area contributed by atoms with E-state index in [2.05, 4.69) is 5.32 Å². The molecule has 3 heteroatoms. The molecule has 0 atom stereocenters. The van der Waals surface area contributed by atoms with Crippen LogP contribution in [0.4, 0.5) is 11.4 Å². The van der Waals surface area contributed by atoms with Crippen molar-refractivity contribution in [3.63, 3.8) is 0 Å². The van der Waals surface area contributed by atoms with Crippen molar-refractivity contribution in [3.05, 3.63) is 24.3 Å². The number of carbonyl (C=O) groups is 1. The summed E-state index contributed by atoms with van der Waals surface area (Å²) in [5.41, 5.74) is 6.50. The Hall–Kier alpha value is -1.51. The van der Waals surface area contributed by atoms with E-state index in [9.17, 15) is 4.79 Å².